The molecule has 2 fully saturated rings. The zero-order chi connectivity index (χ0) is 24.4. The Bertz CT molecular complexity index is 1230. The summed E-state index contributed by atoms with van der Waals surface area (Å²) in [6.07, 6.45) is 2.59. The predicted molar refractivity (Wildman–Crippen MR) is 130 cm³/mol. The first-order chi connectivity index (χ1) is 17.0. The number of morpholine rings is 1. The van der Waals surface area contributed by atoms with Crippen molar-refractivity contribution in [2.24, 2.45) is 0 Å². The van der Waals surface area contributed by atoms with Crippen LogP contribution in [0.1, 0.15) is 35.3 Å². The van der Waals surface area contributed by atoms with Crippen LogP contribution >= 0.6 is 0 Å². The Balaban J connectivity index is 1.51. The molecule has 0 bridgehead atoms. The SMILES string of the molecule is CC(Nc1ccc(F)c(F)c1)c1cc(C(=O)N[C@H]2CCNC2)cc2ncc(N3CCOCC3)nc12. The van der Waals surface area contributed by atoms with Gasteiger partial charge >= 0.3 is 0 Å². The lowest BCUT2D eigenvalue weighted by atomic mass is 10.0. The number of fused-ring (bicyclic) bond motifs is 1. The van der Waals surface area contributed by atoms with Gasteiger partial charge in [-0.3, -0.25) is 9.78 Å². The summed E-state index contributed by atoms with van der Waals surface area (Å²) < 4.78 is 32.7. The smallest absolute Gasteiger partial charge is 0.251 e. The maximum Gasteiger partial charge on any atom is 0.251 e. The van der Waals surface area contributed by atoms with Crippen LogP contribution in [0.2, 0.25) is 0 Å². The number of halogens is 2. The molecule has 0 aliphatic carbocycles. The summed E-state index contributed by atoms with van der Waals surface area (Å²) in [5.74, 6) is -1.29. The summed E-state index contributed by atoms with van der Waals surface area (Å²) in [4.78, 5) is 24.7. The van der Waals surface area contributed by atoms with Crippen molar-refractivity contribution in [3.8, 4) is 0 Å². The third kappa shape index (κ3) is 5.18. The fourth-order valence-electron chi connectivity index (χ4n) is 4.50. The minimum atomic E-state index is -0.931. The van der Waals surface area contributed by atoms with E-state index in [0.29, 0.717) is 48.6 Å². The Morgan fingerprint density at radius 1 is 1.20 bits per heavy atom. The number of amides is 1. The molecule has 2 atom stereocenters. The molecule has 2 aromatic carbocycles. The fraction of sp³-hybridized carbons (Fsp3) is 0.400. The number of nitrogens with zero attached hydrogens (tertiary/aromatic N) is 3. The Morgan fingerprint density at radius 2 is 2.03 bits per heavy atom. The second kappa shape index (κ2) is 10.1. The molecule has 1 amide bonds. The first kappa shape index (κ1) is 23.4. The summed E-state index contributed by atoms with van der Waals surface area (Å²) in [5.41, 5.74) is 2.88. The van der Waals surface area contributed by atoms with Crippen LogP contribution < -0.4 is 20.9 Å². The summed E-state index contributed by atoms with van der Waals surface area (Å²) in [6.45, 7) is 6.18. The van der Waals surface area contributed by atoms with Crippen molar-refractivity contribution in [3.63, 3.8) is 0 Å². The van der Waals surface area contributed by atoms with Crippen LogP contribution in [0, 0.1) is 11.6 Å². The van der Waals surface area contributed by atoms with Crippen LogP contribution in [0.3, 0.4) is 0 Å². The van der Waals surface area contributed by atoms with Crippen molar-refractivity contribution >= 4 is 28.4 Å². The number of carbonyl (C=O) groups is 1. The minimum absolute atomic E-state index is 0.0779. The van der Waals surface area contributed by atoms with E-state index in [1.807, 2.05) is 6.92 Å². The Hall–Kier alpha value is -3.37. The highest BCUT2D eigenvalue weighted by Crippen LogP contribution is 2.29. The van der Waals surface area contributed by atoms with Crippen molar-refractivity contribution in [1.29, 1.82) is 0 Å². The van der Waals surface area contributed by atoms with Gasteiger partial charge in [-0.1, -0.05) is 0 Å². The van der Waals surface area contributed by atoms with Gasteiger partial charge in [-0.05, 0) is 44.2 Å². The number of rotatable bonds is 6. The number of carbonyl (C=O) groups excluding carboxylic acids is 1. The second-order valence-corrected chi connectivity index (χ2v) is 8.92. The molecule has 0 radical (unpaired) electrons. The third-order valence-corrected chi connectivity index (χ3v) is 6.43. The highest BCUT2D eigenvalue weighted by molar-refractivity contribution is 5.98. The van der Waals surface area contributed by atoms with E-state index in [0.717, 1.165) is 43.0 Å². The van der Waals surface area contributed by atoms with E-state index < -0.39 is 11.6 Å². The number of hydrogen-bond donors (Lipinski definition) is 3. The summed E-state index contributed by atoms with van der Waals surface area (Å²) >= 11 is 0. The lowest BCUT2D eigenvalue weighted by Gasteiger charge is -2.28. The summed E-state index contributed by atoms with van der Waals surface area (Å²) in [7, 11) is 0. The lowest BCUT2D eigenvalue weighted by molar-refractivity contribution is 0.0940. The third-order valence-electron chi connectivity index (χ3n) is 6.43. The molecule has 2 aliphatic rings. The van der Waals surface area contributed by atoms with Crippen LogP contribution in [0.25, 0.3) is 11.0 Å². The van der Waals surface area contributed by atoms with Gasteiger partial charge in [0.2, 0.25) is 0 Å². The van der Waals surface area contributed by atoms with E-state index in [4.69, 9.17) is 9.72 Å². The average Bonchev–Trinajstić information content (AvgIpc) is 3.39. The van der Waals surface area contributed by atoms with Crippen LogP contribution in [-0.4, -0.2) is 61.3 Å². The van der Waals surface area contributed by atoms with Crippen molar-refractivity contribution in [2.45, 2.75) is 25.4 Å². The Morgan fingerprint density at radius 3 is 2.77 bits per heavy atom. The van der Waals surface area contributed by atoms with Gasteiger partial charge < -0.3 is 25.6 Å². The molecule has 8 nitrogen and oxygen atoms in total. The quantitative estimate of drug-likeness (QED) is 0.498. The molecule has 1 aromatic heterocycles. The highest BCUT2D eigenvalue weighted by Gasteiger charge is 2.22. The zero-order valence-electron chi connectivity index (χ0n) is 19.5. The van der Waals surface area contributed by atoms with Crippen LogP contribution in [-0.2, 0) is 4.74 Å². The zero-order valence-corrected chi connectivity index (χ0v) is 19.5. The van der Waals surface area contributed by atoms with E-state index in [1.54, 1.807) is 18.3 Å². The molecule has 3 heterocycles. The maximum absolute atomic E-state index is 13.8. The number of ether oxygens (including phenoxy) is 1. The van der Waals surface area contributed by atoms with Crippen LogP contribution in [0.4, 0.5) is 20.3 Å². The summed E-state index contributed by atoms with van der Waals surface area (Å²) in [6, 6.07) is 6.94. The molecule has 3 N–H and O–H groups in total. The van der Waals surface area contributed by atoms with Crippen molar-refractivity contribution in [3.05, 3.63) is 59.3 Å². The van der Waals surface area contributed by atoms with Crippen LogP contribution in [0.5, 0.6) is 0 Å². The lowest BCUT2D eigenvalue weighted by Crippen LogP contribution is -2.37. The van der Waals surface area contributed by atoms with Gasteiger partial charge in [0, 0.05) is 48.6 Å². The maximum atomic E-state index is 13.8. The molecule has 2 aliphatic heterocycles. The predicted octanol–water partition coefficient (Wildman–Crippen LogP) is 3.01. The van der Waals surface area contributed by atoms with Crippen molar-refractivity contribution in [2.75, 3.05) is 49.6 Å². The molecule has 10 heteroatoms. The van der Waals surface area contributed by atoms with Crippen molar-refractivity contribution in [1.82, 2.24) is 20.6 Å². The molecule has 5 rings (SSSR count). The second-order valence-electron chi connectivity index (χ2n) is 8.92. The molecule has 184 valence electrons. The Labute approximate surface area is 202 Å². The monoisotopic (exact) mass is 482 g/mol. The normalized spacial score (nSPS) is 19.1. The van der Waals surface area contributed by atoms with Gasteiger partial charge in [-0.2, -0.15) is 0 Å². The molecular formula is C25H28F2N6O2. The highest BCUT2D eigenvalue weighted by atomic mass is 19.2. The van der Waals surface area contributed by atoms with Crippen LogP contribution in [0.15, 0.2) is 36.5 Å². The van der Waals surface area contributed by atoms with Gasteiger partial charge in [-0.15, -0.1) is 0 Å². The molecule has 3 aromatic rings. The van der Waals surface area contributed by atoms with Gasteiger partial charge in [0.15, 0.2) is 11.6 Å². The van der Waals surface area contributed by atoms with E-state index >= 15 is 0 Å². The van der Waals surface area contributed by atoms with Gasteiger partial charge in [-0.25, -0.2) is 13.8 Å². The number of nitrogens with one attached hydrogen (secondary N) is 3. The van der Waals surface area contributed by atoms with Crippen molar-refractivity contribution < 1.29 is 18.3 Å². The van der Waals surface area contributed by atoms with E-state index in [-0.39, 0.29) is 18.0 Å². The number of anilines is 2. The molecule has 0 spiro atoms. The molecule has 2 saturated heterocycles. The minimum Gasteiger partial charge on any atom is -0.378 e. The first-order valence-corrected chi connectivity index (χ1v) is 11.8. The molecule has 1 unspecified atom stereocenters. The van der Waals surface area contributed by atoms with Gasteiger partial charge in [0.1, 0.15) is 5.82 Å². The van der Waals surface area contributed by atoms with E-state index in [9.17, 15) is 13.6 Å². The summed E-state index contributed by atoms with van der Waals surface area (Å²) in [5, 5.41) is 9.52. The van der Waals surface area contributed by atoms with E-state index in [1.165, 1.54) is 6.07 Å². The fourth-order valence-corrected chi connectivity index (χ4v) is 4.50. The average molecular weight is 483 g/mol. The topological polar surface area (TPSA) is 91.4 Å². The number of hydrogen-bond acceptors (Lipinski definition) is 7. The molecule has 0 saturated carbocycles. The van der Waals surface area contributed by atoms with E-state index in [2.05, 4.69) is 25.8 Å². The van der Waals surface area contributed by atoms with Gasteiger partial charge in [0.05, 0.1) is 36.5 Å². The Kier molecular flexibility index (Phi) is 6.74. The number of benzene rings is 2. The standard InChI is InChI=1S/C25H28F2N6O2/c1-15(30-17-2-3-20(26)21(27)12-17)19-10-16(25(34)31-18-4-5-28-13-18)11-22-24(19)32-23(14-29-22)33-6-8-35-9-7-33/h2-3,10-12,14-15,18,28,30H,4-9,13H2,1H3,(H,31,34)/t15?,18-/m0/s1. The molecular weight excluding hydrogens is 454 g/mol. The first-order valence-electron chi connectivity index (χ1n) is 11.8. The van der Waals surface area contributed by atoms with Gasteiger partial charge in [0.25, 0.3) is 5.91 Å². The largest absolute Gasteiger partial charge is 0.378 e. The molecule has 35 heavy (non-hydrogen) atoms. The number of aromatic nitrogens is 2.